The lowest BCUT2D eigenvalue weighted by Crippen LogP contribution is -2.45. The summed E-state index contributed by atoms with van der Waals surface area (Å²) in [6, 6.07) is 7.67. The van der Waals surface area contributed by atoms with Gasteiger partial charge < -0.3 is 15.6 Å². The van der Waals surface area contributed by atoms with Crippen molar-refractivity contribution in [2.45, 2.75) is 38.3 Å². The molecule has 3 rings (SSSR count). The van der Waals surface area contributed by atoms with E-state index in [9.17, 15) is 9.59 Å². The van der Waals surface area contributed by atoms with Gasteiger partial charge in [0.05, 0.1) is 6.42 Å². The largest absolute Gasteiger partial charge is 0.361 e. The Kier molecular flexibility index (Phi) is 3.64. The van der Waals surface area contributed by atoms with Gasteiger partial charge in [-0.3, -0.25) is 9.59 Å². The molecule has 1 aromatic heterocycles. The van der Waals surface area contributed by atoms with Crippen LogP contribution in [0.15, 0.2) is 30.5 Å². The van der Waals surface area contributed by atoms with Gasteiger partial charge in [-0.2, -0.15) is 0 Å². The number of aromatic amines is 1. The molecular weight excluding hydrogens is 266 g/mol. The summed E-state index contributed by atoms with van der Waals surface area (Å²) in [5.41, 5.74) is 1.96. The monoisotopic (exact) mass is 285 g/mol. The van der Waals surface area contributed by atoms with Crippen LogP contribution in [0.25, 0.3) is 10.9 Å². The van der Waals surface area contributed by atoms with Gasteiger partial charge >= 0.3 is 0 Å². The number of fused-ring (bicyclic) bond motifs is 1. The lowest BCUT2D eigenvalue weighted by molar-refractivity contribution is -0.128. The highest BCUT2D eigenvalue weighted by Gasteiger charge is 2.26. The van der Waals surface area contributed by atoms with Crippen LogP contribution in [0.2, 0.25) is 0 Å². The molecule has 1 aliphatic carbocycles. The zero-order valence-electron chi connectivity index (χ0n) is 12.0. The van der Waals surface area contributed by atoms with Crippen molar-refractivity contribution in [3.8, 4) is 0 Å². The second-order valence-electron chi connectivity index (χ2n) is 5.61. The molecule has 1 heterocycles. The highest BCUT2D eigenvalue weighted by Crippen LogP contribution is 2.19. The number of para-hydroxylation sites is 1. The molecule has 1 atom stereocenters. The molecule has 0 spiro atoms. The number of carbonyl (C=O) groups excluding carboxylic acids is 2. The molecular formula is C16H19N3O2. The molecule has 21 heavy (non-hydrogen) atoms. The Hall–Kier alpha value is -2.30. The number of hydrogen-bond donors (Lipinski definition) is 3. The van der Waals surface area contributed by atoms with Crippen LogP contribution in [-0.4, -0.2) is 28.9 Å². The third-order valence-corrected chi connectivity index (χ3v) is 3.72. The van der Waals surface area contributed by atoms with Crippen LogP contribution in [0.4, 0.5) is 0 Å². The van der Waals surface area contributed by atoms with Gasteiger partial charge in [0.1, 0.15) is 6.04 Å². The highest BCUT2D eigenvalue weighted by atomic mass is 16.2. The normalized spacial score (nSPS) is 15.7. The summed E-state index contributed by atoms with van der Waals surface area (Å²) in [5.74, 6) is -0.247. The Morgan fingerprint density at radius 2 is 2.10 bits per heavy atom. The van der Waals surface area contributed by atoms with Gasteiger partial charge in [0.2, 0.25) is 11.8 Å². The molecule has 1 saturated carbocycles. The van der Waals surface area contributed by atoms with Gasteiger partial charge in [-0.05, 0) is 31.4 Å². The van der Waals surface area contributed by atoms with Crippen LogP contribution in [-0.2, 0) is 16.0 Å². The van der Waals surface area contributed by atoms with E-state index in [1.54, 1.807) is 6.92 Å². The van der Waals surface area contributed by atoms with E-state index < -0.39 is 6.04 Å². The Morgan fingerprint density at radius 1 is 1.33 bits per heavy atom. The lowest BCUT2D eigenvalue weighted by atomic mass is 10.1. The second-order valence-corrected chi connectivity index (χ2v) is 5.61. The van der Waals surface area contributed by atoms with E-state index in [1.165, 1.54) is 0 Å². The third-order valence-electron chi connectivity index (χ3n) is 3.72. The smallest absolute Gasteiger partial charge is 0.242 e. The topological polar surface area (TPSA) is 74.0 Å². The molecule has 2 amide bonds. The van der Waals surface area contributed by atoms with Crippen LogP contribution in [0.3, 0.4) is 0 Å². The van der Waals surface area contributed by atoms with Crippen molar-refractivity contribution >= 4 is 22.7 Å². The SMILES string of the molecule is CC(NC(=O)Cc1c[nH]c2ccccc12)C(=O)NC1CC1. The van der Waals surface area contributed by atoms with Gasteiger partial charge in [-0.25, -0.2) is 0 Å². The molecule has 0 bridgehead atoms. The summed E-state index contributed by atoms with van der Waals surface area (Å²) < 4.78 is 0. The Labute approximate surface area is 123 Å². The quantitative estimate of drug-likeness (QED) is 0.778. The molecule has 1 aliphatic rings. The number of nitrogens with one attached hydrogen (secondary N) is 3. The number of H-pyrrole nitrogens is 1. The fourth-order valence-corrected chi connectivity index (χ4v) is 2.36. The first-order valence-corrected chi connectivity index (χ1v) is 7.28. The first-order chi connectivity index (χ1) is 10.1. The average molecular weight is 285 g/mol. The van der Waals surface area contributed by atoms with Crippen molar-refractivity contribution in [3.63, 3.8) is 0 Å². The second kappa shape index (κ2) is 5.60. The van der Waals surface area contributed by atoms with E-state index in [0.29, 0.717) is 6.04 Å². The zero-order chi connectivity index (χ0) is 14.8. The van der Waals surface area contributed by atoms with Crippen molar-refractivity contribution in [1.29, 1.82) is 0 Å². The fourth-order valence-electron chi connectivity index (χ4n) is 2.36. The summed E-state index contributed by atoms with van der Waals surface area (Å²) in [5, 5.41) is 6.68. The van der Waals surface area contributed by atoms with Gasteiger partial charge in [0.25, 0.3) is 0 Å². The Bertz CT molecular complexity index is 673. The van der Waals surface area contributed by atoms with E-state index in [2.05, 4.69) is 15.6 Å². The number of hydrogen-bond acceptors (Lipinski definition) is 2. The van der Waals surface area contributed by atoms with Gasteiger partial charge in [0.15, 0.2) is 0 Å². The molecule has 110 valence electrons. The molecule has 0 radical (unpaired) electrons. The molecule has 1 unspecified atom stereocenters. The van der Waals surface area contributed by atoms with E-state index >= 15 is 0 Å². The predicted molar refractivity (Wildman–Crippen MR) is 80.8 cm³/mol. The third kappa shape index (κ3) is 3.24. The maximum atomic E-state index is 12.1. The Morgan fingerprint density at radius 3 is 2.86 bits per heavy atom. The van der Waals surface area contributed by atoms with E-state index in [1.807, 2.05) is 30.5 Å². The van der Waals surface area contributed by atoms with Crippen molar-refractivity contribution in [2.24, 2.45) is 0 Å². The molecule has 5 nitrogen and oxygen atoms in total. The minimum absolute atomic E-state index is 0.107. The number of rotatable bonds is 5. The minimum atomic E-state index is -0.497. The molecule has 5 heteroatoms. The first kappa shape index (κ1) is 13.7. The summed E-state index contributed by atoms with van der Waals surface area (Å²) in [7, 11) is 0. The van der Waals surface area contributed by atoms with Gasteiger partial charge in [-0.1, -0.05) is 18.2 Å². The molecule has 1 fully saturated rings. The zero-order valence-corrected chi connectivity index (χ0v) is 12.0. The van der Waals surface area contributed by atoms with Gasteiger partial charge in [0, 0.05) is 23.1 Å². The molecule has 3 N–H and O–H groups in total. The predicted octanol–water partition coefficient (Wildman–Crippen LogP) is 1.49. The lowest BCUT2D eigenvalue weighted by Gasteiger charge is -2.13. The first-order valence-electron chi connectivity index (χ1n) is 7.28. The Balaban J connectivity index is 1.59. The van der Waals surface area contributed by atoms with E-state index in [0.717, 1.165) is 29.3 Å². The standard InChI is InChI=1S/C16H19N3O2/c1-10(16(21)19-12-6-7-12)18-15(20)8-11-9-17-14-5-3-2-4-13(11)14/h2-5,9-10,12,17H,6-8H2,1H3,(H,18,20)(H,19,21). The molecule has 0 aliphatic heterocycles. The van der Waals surface area contributed by atoms with Crippen molar-refractivity contribution in [3.05, 3.63) is 36.0 Å². The molecule has 1 aromatic carbocycles. The van der Waals surface area contributed by atoms with Crippen LogP contribution in [0, 0.1) is 0 Å². The van der Waals surface area contributed by atoms with E-state index in [4.69, 9.17) is 0 Å². The molecule has 2 aromatic rings. The minimum Gasteiger partial charge on any atom is -0.361 e. The molecule has 0 saturated heterocycles. The fraction of sp³-hybridized carbons (Fsp3) is 0.375. The van der Waals surface area contributed by atoms with E-state index in [-0.39, 0.29) is 18.2 Å². The van der Waals surface area contributed by atoms with Crippen molar-refractivity contribution < 1.29 is 9.59 Å². The van der Waals surface area contributed by atoms with Crippen LogP contribution in [0.1, 0.15) is 25.3 Å². The maximum absolute atomic E-state index is 12.1. The summed E-state index contributed by atoms with van der Waals surface area (Å²) in [6.45, 7) is 1.71. The highest BCUT2D eigenvalue weighted by molar-refractivity contribution is 5.91. The number of amides is 2. The summed E-state index contributed by atoms with van der Waals surface area (Å²) >= 11 is 0. The van der Waals surface area contributed by atoms with Crippen LogP contribution < -0.4 is 10.6 Å². The number of carbonyl (C=O) groups is 2. The summed E-state index contributed by atoms with van der Waals surface area (Å²) in [6.07, 6.45) is 4.20. The maximum Gasteiger partial charge on any atom is 0.242 e. The summed E-state index contributed by atoms with van der Waals surface area (Å²) in [4.78, 5) is 27.0. The van der Waals surface area contributed by atoms with Crippen LogP contribution in [0.5, 0.6) is 0 Å². The van der Waals surface area contributed by atoms with Crippen molar-refractivity contribution in [1.82, 2.24) is 15.6 Å². The average Bonchev–Trinajstić information content (AvgIpc) is 3.19. The van der Waals surface area contributed by atoms with Gasteiger partial charge in [-0.15, -0.1) is 0 Å². The van der Waals surface area contributed by atoms with Crippen molar-refractivity contribution in [2.75, 3.05) is 0 Å². The number of aromatic nitrogens is 1. The van der Waals surface area contributed by atoms with Crippen LogP contribution >= 0.6 is 0 Å². The number of benzene rings is 1.